The topological polar surface area (TPSA) is 72.8 Å². The maximum absolute atomic E-state index is 13.5. The summed E-state index contributed by atoms with van der Waals surface area (Å²) in [4.78, 5) is 25.3. The van der Waals surface area contributed by atoms with Crippen LogP contribution in [0.1, 0.15) is 22.5 Å². The third-order valence-corrected chi connectivity index (χ3v) is 5.51. The molecule has 0 saturated heterocycles. The lowest BCUT2D eigenvalue weighted by Gasteiger charge is -2.13. The molecule has 0 saturated carbocycles. The highest BCUT2D eigenvalue weighted by molar-refractivity contribution is 5.60. The number of H-pyrrole nitrogens is 1. The second kappa shape index (κ2) is 8.70. The summed E-state index contributed by atoms with van der Waals surface area (Å²) in [7, 11) is 1.42. The van der Waals surface area contributed by atoms with Crippen LogP contribution in [0, 0.1) is 5.95 Å². The predicted octanol–water partition coefficient (Wildman–Crippen LogP) is 4.39. The molecule has 1 aromatic heterocycles. The minimum atomic E-state index is -0.639. The summed E-state index contributed by atoms with van der Waals surface area (Å²) < 4.78 is 20.3. The predicted molar refractivity (Wildman–Crippen MR) is 124 cm³/mol. The number of pyridine rings is 1. The normalized spacial score (nSPS) is 11.1. The van der Waals surface area contributed by atoms with E-state index in [1.807, 2.05) is 60.7 Å². The van der Waals surface area contributed by atoms with Crippen molar-refractivity contribution in [2.45, 2.75) is 12.8 Å². The molecule has 2 aliphatic heterocycles. The van der Waals surface area contributed by atoms with Crippen LogP contribution in [0.4, 0.5) is 4.39 Å². The van der Waals surface area contributed by atoms with Crippen molar-refractivity contribution in [3.8, 4) is 23.0 Å². The zero-order chi connectivity index (χ0) is 22.8. The molecule has 6 nitrogen and oxygen atoms in total. The molecule has 0 spiro atoms. The molecular weight excluding hydrogens is 419 g/mol. The van der Waals surface area contributed by atoms with Crippen LogP contribution in [0.3, 0.4) is 0 Å². The van der Waals surface area contributed by atoms with Crippen molar-refractivity contribution >= 4 is 0 Å². The summed E-state index contributed by atoms with van der Waals surface area (Å²) in [5, 5.41) is 0. The van der Waals surface area contributed by atoms with Gasteiger partial charge in [0.1, 0.15) is 5.69 Å². The molecule has 0 fully saturated rings. The highest BCUT2D eigenvalue weighted by Crippen LogP contribution is 2.24. The molecular formula is C26H21FN4O2. The number of hydrogen-bond acceptors (Lipinski definition) is 4. The molecule has 0 radical (unpaired) electrons. The molecule has 1 N–H and O–H groups in total. The Kier molecular flexibility index (Phi) is 5.44. The van der Waals surface area contributed by atoms with Crippen molar-refractivity contribution < 1.29 is 9.13 Å². The fourth-order valence-corrected chi connectivity index (χ4v) is 3.92. The van der Waals surface area contributed by atoms with Crippen LogP contribution < -0.4 is 10.3 Å². The fraction of sp³-hybridized carbons (Fsp3) is 0.115. The summed E-state index contributed by atoms with van der Waals surface area (Å²) in [6.07, 6.45) is 2.54. The first kappa shape index (κ1) is 20.6. The zero-order valence-corrected chi connectivity index (χ0v) is 18.0. The van der Waals surface area contributed by atoms with Crippen molar-refractivity contribution in [2.75, 3.05) is 7.11 Å². The van der Waals surface area contributed by atoms with Gasteiger partial charge in [0.2, 0.25) is 11.8 Å². The number of hydrogen-bond donors (Lipinski definition) is 1. The number of methoxy groups -OCH3 is 1. The van der Waals surface area contributed by atoms with E-state index in [0.29, 0.717) is 23.5 Å². The van der Waals surface area contributed by atoms with E-state index in [0.717, 1.165) is 22.5 Å². The van der Waals surface area contributed by atoms with Crippen molar-refractivity contribution in [3.05, 3.63) is 118 Å². The van der Waals surface area contributed by atoms with Gasteiger partial charge in [0, 0.05) is 24.6 Å². The second-order valence-electron chi connectivity index (χ2n) is 7.71. The number of rotatable bonds is 6. The van der Waals surface area contributed by atoms with Crippen LogP contribution >= 0.6 is 0 Å². The Bertz CT molecular complexity index is 1430. The lowest BCUT2D eigenvalue weighted by atomic mass is 10.1. The van der Waals surface area contributed by atoms with Crippen molar-refractivity contribution in [1.29, 1.82) is 0 Å². The molecule has 2 aliphatic rings. The van der Waals surface area contributed by atoms with Gasteiger partial charge in [-0.2, -0.15) is 9.37 Å². The third kappa shape index (κ3) is 4.13. The number of imidazole rings is 1. The first-order valence-electron chi connectivity index (χ1n) is 10.5. The maximum atomic E-state index is 13.5. The van der Waals surface area contributed by atoms with Gasteiger partial charge >= 0.3 is 0 Å². The summed E-state index contributed by atoms with van der Waals surface area (Å²) >= 11 is 0. The smallest absolute Gasteiger partial charge is 0.278 e. The molecule has 0 atom stereocenters. The van der Waals surface area contributed by atoms with Crippen molar-refractivity contribution in [3.63, 3.8) is 0 Å². The second-order valence-corrected chi connectivity index (χ2v) is 7.71. The highest BCUT2D eigenvalue weighted by atomic mass is 19.1. The molecule has 5 rings (SSSR count). The van der Waals surface area contributed by atoms with E-state index in [9.17, 15) is 9.18 Å². The number of aromatic amines is 1. The Morgan fingerprint density at radius 3 is 2.39 bits per heavy atom. The Labute approximate surface area is 189 Å². The zero-order valence-electron chi connectivity index (χ0n) is 18.0. The molecule has 7 heteroatoms. The molecule has 164 valence electrons. The fourth-order valence-electron chi connectivity index (χ4n) is 3.92. The van der Waals surface area contributed by atoms with E-state index in [1.165, 1.54) is 13.2 Å². The van der Waals surface area contributed by atoms with E-state index in [2.05, 4.69) is 15.0 Å². The van der Waals surface area contributed by atoms with E-state index in [1.54, 1.807) is 16.8 Å². The number of nitrogens with one attached hydrogen (secondary N) is 1. The number of ether oxygens (including phenoxy) is 1. The van der Waals surface area contributed by atoms with Gasteiger partial charge in [-0.05, 0) is 23.3 Å². The minimum Gasteiger partial charge on any atom is -0.481 e. The minimum absolute atomic E-state index is 0.146. The molecule has 3 heterocycles. The number of aromatic nitrogens is 4. The van der Waals surface area contributed by atoms with Crippen LogP contribution in [0.5, 0.6) is 5.88 Å². The molecule has 0 unspecified atom stereocenters. The van der Waals surface area contributed by atoms with Crippen LogP contribution in [0.15, 0.2) is 83.8 Å². The standard InChI is InChI=1S/C26H21FN4O2/c1-33-25-19(12-13-23(27)30-25)15-21-26(32)31-16-22(18-10-6-3-7-11-18)28-20(24(31)29-21)14-17-8-4-2-5-9-17/h2-13,16,28H,14-15H2,1H3. The number of nitrogens with zero attached hydrogens (tertiary/aromatic N) is 3. The third-order valence-electron chi connectivity index (χ3n) is 5.51. The average Bonchev–Trinajstić information content (AvgIpc) is 3.17. The monoisotopic (exact) mass is 440 g/mol. The number of benzene rings is 2. The molecule has 33 heavy (non-hydrogen) atoms. The summed E-state index contributed by atoms with van der Waals surface area (Å²) in [6, 6.07) is 22.7. The number of fused-ring (bicyclic) bond motifs is 1. The first-order valence-corrected chi connectivity index (χ1v) is 10.5. The molecule has 2 aromatic carbocycles. The van der Waals surface area contributed by atoms with Gasteiger partial charge in [-0.15, -0.1) is 0 Å². The molecule has 0 bridgehead atoms. The summed E-state index contributed by atoms with van der Waals surface area (Å²) in [5.74, 6) is 0.0697. The van der Waals surface area contributed by atoms with Crippen LogP contribution in [-0.2, 0) is 12.8 Å². The Balaban J connectivity index is 1.64. The quantitative estimate of drug-likeness (QED) is 0.398. The Morgan fingerprint density at radius 2 is 1.67 bits per heavy atom. The Morgan fingerprint density at radius 1 is 0.939 bits per heavy atom. The van der Waals surface area contributed by atoms with Gasteiger partial charge in [-0.1, -0.05) is 60.7 Å². The Hall–Kier alpha value is -4.26. The SMILES string of the molecule is COc1nc(F)ccc1Cc1nc2c(Cc3ccccc3)[nH]c(-c3ccccc3)cn-2c1=O. The van der Waals surface area contributed by atoms with Crippen molar-refractivity contribution in [1.82, 2.24) is 19.5 Å². The summed E-state index contributed by atoms with van der Waals surface area (Å²) in [6.45, 7) is 0. The maximum Gasteiger partial charge on any atom is 0.278 e. The van der Waals surface area contributed by atoms with Crippen LogP contribution in [0.2, 0.25) is 0 Å². The van der Waals surface area contributed by atoms with Gasteiger partial charge < -0.3 is 9.72 Å². The van der Waals surface area contributed by atoms with E-state index < -0.39 is 5.95 Å². The number of halogens is 1. The van der Waals surface area contributed by atoms with Gasteiger partial charge in [0.15, 0.2) is 5.82 Å². The largest absolute Gasteiger partial charge is 0.481 e. The van der Waals surface area contributed by atoms with Crippen molar-refractivity contribution in [2.24, 2.45) is 0 Å². The van der Waals surface area contributed by atoms with E-state index in [4.69, 9.17) is 4.74 Å². The van der Waals surface area contributed by atoms with Gasteiger partial charge in [0.25, 0.3) is 5.56 Å². The average molecular weight is 440 g/mol. The van der Waals surface area contributed by atoms with E-state index in [-0.39, 0.29) is 17.9 Å². The van der Waals surface area contributed by atoms with Gasteiger partial charge in [-0.3, -0.25) is 9.36 Å². The molecule has 0 aliphatic carbocycles. The van der Waals surface area contributed by atoms with Gasteiger partial charge in [0.05, 0.1) is 18.5 Å². The lowest BCUT2D eigenvalue weighted by Crippen LogP contribution is -2.18. The highest BCUT2D eigenvalue weighted by Gasteiger charge is 2.21. The lowest BCUT2D eigenvalue weighted by molar-refractivity contribution is 0.383. The van der Waals surface area contributed by atoms with E-state index >= 15 is 0 Å². The summed E-state index contributed by atoms with van der Waals surface area (Å²) in [5.41, 5.74) is 4.42. The van der Waals surface area contributed by atoms with Gasteiger partial charge in [-0.25, -0.2) is 4.98 Å². The van der Waals surface area contributed by atoms with Crippen LogP contribution in [-0.4, -0.2) is 26.6 Å². The molecule has 0 amide bonds. The van der Waals surface area contributed by atoms with Crippen LogP contribution in [0.25, 0.3) is 17.1 Å². The molecule has 3 aromatic rings. The first-order chi connectivity index (χ1) is 16.1.